The largest absolute Gasteiger partial charge is 0.469 e. The molecule has 26 heavy (non-hydrogen) atoms. The van der Waals surface area contributed by atoms with Crippen molar-refractivity contribution in [3.63, 3.8) is 0 Å². The zero-order chi connectivity index (χ0) is 18.9. The average molecular weight is 441 g/mol. The molecule has 0 saturated heterocycles. The molecule has 2 aromatic carbocycles. The molecule has 0 aliphatic heterocycles. The van der Waals surface area contributed by atoms with Gasteiger partial charge in [-0.1, -0.05) is 57.9 Å². The molecule has 0 fully saturated rings. The minimum atomic E-state index is -0.503. The van der Waals surface area contributed by atoms with Gasteiger partial charge in [-0.15, -0.1) is 0 Å². The van der Waals surface area contributed by atoms with Crippen LogP contribution in [0, 0.1) is 0 Å². The van der Waals surface area contributed by atoms with Crippen molar-refractivity contribution in [3.05, 3.63) is 69.2 Å². The number of rotatable bonds is 8. The molecule has 2 rings (SSSR count). The van der Waals surface area contributed by atoms with E-state index in [9.17, 15) is 9.59 Å². The molecule has 1 N–H and O–H groups in total. The van der Waals surface area contributed by atoms with E-state index in [1.807, 2.05) is 42.5 Å². The normalized spacial score (nSPS) is 11.7. The molecular weight excluding hydrogens is 422 g/mol. The highest BCUT2D eigenvalue weighted by molar-refractivity contribution is 9.10. The summed E-state index contributed by atoms with van der Waals surface area (Å²) in [7, 11) is 1.31. The highest BCUT2D eigenvalue weighted by Gasteiger charge is 2.19. The number of carbonyl (C=O) groups is 2. The van der Waals surface area contributed by atoms with Crippen molar-refractivity contribution in [2.24, 2.45) is 0 Å². The summed E-state index contributed by atoms with van der Waals surface area (Å²) in [6.45, 7) is 0.0859. The van der Waals surface area contributed by atoms with E-state index in [2.05, 4.69) is 21.2 Å². The first kappa shape index (κ1) is 20.4. The number of carbonyl (C=O) groups excluding carboxylic acids is 2. The Balaban J connectivity index is 1.95. The number of amides is 1. The molecule has 0 heterocycles. The van der Waals surface area contributed by atoms with Gasteiger partial charge in [0, 0.05) is 9.50 Å². The molecule has 0 aromatic heterocycles. The van der Waals surface area contributed by atoms with Crippen molar-refractivity contribution in [2.45, 2.75) is 19.1 Å². The second kappa shape index (κ2) is 10.3. The van der Waals surface area contributed by atoms with E-state index in [0.29, 0.717) is 5.02 Å². The van der Waals surface area contributed by atoms with Crippen LogP contribution in [0.5, 0.6) is 0 Å². The van der Waals surface area contributed by atoms with Crippen molar-refractivity contribution < 1.29 is 19.1 Å². The van der Waals surface area contributed by atoms with Gasteiger partial charge >= 0.3 is 5.97 Å². The van der Waals surface area contributed by atoms with Crippen LogP contribution in [-0.2, 0) is 25.7 Å². The number of nitrogens with one attached hydrogen (secondary N) is 1. The summed E-state index contributed by atoms with van der Waals surface area (Å²) in [5.41, 5.74) is 1.60. The van der Waals surface area contributed by atoms with E-state index in [1.54, 1.807) is 6.07 Å². The lowest BCUT2D eigenvalue weighted by Gasteiger charge is -2.18. The number of ether oxygens (including phenoxy) is 2. The topological polar surface area (TPSA) is 64.6 Å². The van der Waals surface area contributed by atoms with Gasteiger partial charge in [-0.3, -0.25) is 9.59 Å². The molecule has 0 unspecified atom stereocenters. The fraction of sp³-hybridized carbons (Fsp3) is 0.263. The molecule has 138 valence electrons. The summed E-state index contributed by atoms with van der Waals surface area (Å²) in [6, 6.07) is 14.2. The van der Waals surface area contributed by atoms with Crippen molar-refractivity contribution in [1.29, 1.82) is 0 Å². The van der Waals surface area contributed by atoms with Crippen molar-refractivity contribution in [2.75, 3.05) is 13.7 Å². The predicted molar refractivity (Wildman–Crippen MR) is 103 cm³/mol. The van der Waals surface area contributed by atoms with Crippen LogP contribution in [-0.4, -0.2) is 25.6 Å². The number of hydrogen-bond acceptors (Lipinski definition) is 4. The van der Waals surface area contributed by atoms with Gasteiger partial charge in [-0.2, -0.15) is 0 Å². The van der Waals surface area contributed by atoms with Crippen LogP contribution in [0.4, 0.5) is 0 Å². The predicted octanol–water partition coefficient (Wildman–Crippen LogP) is 4.04. The van der Waals surface area contributed by atoms with Crippen molar-refractivity contribution in [3.8, 4) is 0 Å². The Hall–Kier alpha value is -1.89. The third-order valence-electron chi connectivity index (χ3n) is 3.63. The Morgan fingerprint density at radius 1 is 1.19 bits per heavy atom. The zero-order valence-electron chi connectivity index (χ0n) is 14.2. The first-order valence-electron chi connectivity index (χ1n) is 7.92. The molecule has 0 saturated carbocycles. The summed E-state index contributed by atoms with van der Waals surface area (Å²) in [5.74, 6) is -0.738. The summed E-state index contributed by atoms with van der Waals surface area (Å²) >= 11 is 9.44. The van der Waals surface area contributed by atoms with Crippen LogP contribution in [0.25, 0.3) is 0 Å². The smallest absolute Gasteiger partial charge is 0.307 e. The molecule has 0 aliphatic carbocycles. The summed E-state index contributed by atoms with van der Waals surface area (Å²) in [5, 5.41) is 3.40. The lowest BCUT2D eigenvalue weighted by molar-refractivity contribution is -0.141. The van der Waals surface area contributed by atoms with E-state index in [1.165, 1.54) is 7.11 Å². The highest BCUT2D eigenvalue weighted by atomic mass is 79.9. The van der Waals surface area contributed by atoms with Crippen LogP contribution in [0.15, 0.2) is 53.0 Å². The summed E-state index contributed by atoms with van der Waals surface area (Å²) < 4.78 is 11.0. The molecule has 1 amide bonds. The fourth-order valence-corrected chi connectivity index (χ4v) is 2.94. The molecule has 0 spiro atoms. The van der Waals surface area contributed by atoms with Crippen LogP contribution in [0.1, 0.15) is 23.6 Å². The van der Waals surface area contributed by atoms with Crippen LogP contribution in [0.3, 0.4) is 0 Å². The lowest BCUT2D eigenvalue weighted by atomic mass is 10.0. The minimum Gasteiger partial charge on any atom is -0.469 e. The molecule has 0 bridgehead atoms. The zero-order valence-corrected chi connectivity index (χ0v) is 16.5. The molecular formula is C19H19BrClNO4. The molecule has 1 atom stereocenters. The van der Waals surface area contributed by atoms with Crippen LogP contribution < -0.4 is 5.32 Å². The monoisotopic (exact) mass is 439 g/mol. The van der Waals surface area contributed by atoms with Gasteiger partial charge in [0.25, 0.3) is 0 Å². The van der Waals surface area contributed by atoms with E-state index < -0.39 is 12.0 Å². The minimum absolute atomic E-state index is 0.0310. The van der Waals surface area contributed by atoms with Crippen LogP contribution >= 0.6 is 27.5 Å². The van der Waals surface area contributed by atoms with Gasteiger partial charge in [0.1, 0.15) is 6.61 Å². The Morgan fingerprint density at radius 3 is 2.65 bits per heavy atom. The van der Waals surface area contributed by atoms with Gasteiger partial charge in [-0.25, -0.2) is 0 Å². The second-order valence-electron chi connectivity index (χ2n) is 5.54. The van der Waals surface area contributed by atoms with Crippen molar-refractivity contribution >= 4 is 39.4 Å². The quantitative estimate of drug-likeness (QED) is 0.629. The summed E-state index contributed by atoms with van der Waals surface area (Å²) in [4.78, 5) is 23.9. The first-order valence-corrected chi connectivity index (χ1v) is 9.09. The number of halogens is 2. The third-order valence-corrected chi connectivity index (χ3v) is 4.50. The standard InChI is InChI=1S/C19H19BrClNO4/c1-25-19(24)10-17(13-6-4-7-15(20)9-13)22-18(23)12-26-11-14-5-2-3-8-16(14)21/h2-9,17H,10-12H2,1H3,(H,22,23)/t17-/m0/s1. The maximum atomic E-state index is 12.2. The number of hydrogen-bond donors (Lipinski definition) is 1. The van der Waals surface area contributed by atoms with E-state index >= 15 is 0 Å². The lowest BCUT2D eigenvalue weighted by Crippen LogP contribution is -2.33. The Bertz CT molecular complexity index is 769. The van der Waals surface area contributed by atoms with Crippen LogP contribution in [0.2, 0.25) is 5.02 Å². The van der Waals surface area contributed by atoms with Gasteiger partial charge in [0.05, 0.1) is 26.2 Å². The number of methoxy groups -OCH3 is 1. The molecule has 5 nitrogen and oxygen atoms in total. The number of benzene rings is 2. The Kier molecular flexibility index (Phi) is 8.09. The highest BCUT2D eigenvalue weighted by Crippen LogP contribution is 2.21. The molecule has 7 heteroatoms. The SMILES string of the molecule is COC(=O)C[C@H](NC(=O)COCc1ccccc1Cl)c1cccc(Br)c1. The first-order chi connectivity index (χ1) is 12.5. The second-order valence-corrected chi connectivity index (χ2v) is 6.86. The third kappa shape index (κ3) is 6.44. The van der Waals surface area contributed by atoms with Gasteiger partial charge in [0.2, 0.25) is 5.91 Å². The number of esters is 1. The van der Waals surface area contributed by atoms with Gasteiger partial charge in [0.15, 0.2) is 0 Å². The fourth-order valence-electron chi connectivity index (χ4n) is 2.33. The van der Waals surface area contributed by atoms with Crippen molar-refractivity contribution in [1.82, 2.24) is 5.32 Å². The Labute approximate surface area is 165 Å². The maximum Gasteiger partial charge on any atom is 0.307 e. The maximum absolute atomic E-state index is 12.2. The molecule has 2 aromatic rings. The van der Waals surface area contributed by atoms with Gasteiger partial charge in [-0.05, 0) is 29.3 Å². The summed E-state index contributed by atoms with van der Waals surface area (Å²) in [6.07, 6.45) is 0.0310. The Morgan fingerprint density at radius 2 is 1.96 bits per heavy atom. The van der Waals surface area contributed by atoms with E-state index in [0.717, 1.165) is 15.6 Å². The molecule has 0 aliphatic rings. The average Bonchev–Trinajstić information content (AvgIpc) is 2.62. The van der Waals surface area contributed by atoms with Gasteiger partial charge < -0.3 is 14.8 Å². The van der Waals surface area contributed by atoms with E-state index in [-0.39, 0.29) is 25.5 Å². The molecule has 0 radical (unpaired) electrons. The van der Waals surface area contributed by atoms with E-state index in [4.69, 9.17) is 21.1 Å².